The van der Waals surface area contributed by atoms with E-state index in [0.29, 0.717) is 10.4 Å². The number of pyridine rings is 2. The first-order valence-electron chi connectivity index (χ1n) is 10.00. The fourth-order valence-corrected chi connectivity index (χ4v) is 4.64. The number of alkyl halides is 5. The molecule has 0 unspecified atom stereocenters. The summed E-state index contributed by atoms with van der Waals surface area (Å²) in [4.78, 5) is 20.6. The van der Waals surface area contributed by atoms with Gasteiger partial charge in [0.25, 0.3) is 6.43 Å². The van der Waals surface area contributed by atoms with Crippen molar-refractivity contribution in [1.82, 2.24) is 9.97 Å². The molecule has 0 bridgehead atoms. The lowest BCUT2D eigenvalue weighted by molar-refractivity contribution is -0.142. The number of hydrogen-bond donors (Lipinski definition) is 0. The second kappa shape index (κ2) is 10.0. The van der Waals surface area contributed by atoms with Crippen molar-refractivity contribution in [3.8, 4) is 0 Å². The third kappa shape index (κ3) is 5.43. The van der Waals surface area contributed by atoms with Crippen molar-refractivity contribution in [2.24, 2.45) is 5.92 Å². The zero-order valence-electron chi connectivity index (χ0n) is 18.0. The monoisotopic (exact) mass is 484 g/mol. The van der Waals surface area contributed by atoms with Gasteiger partial charge in [-0.15, -0.1) is 11.8 Å². The maximum atomic E-state index is 14.0. The molecule has 0 amide bonds. The van der Waals surface area contributed by atoms with Gasteiger partial charge in [-0.2, -0.15) is 13.2 Å². The highest BCUT2D eigenvalue weighted by Gasteiger charge is 2.40. The molecule has 2 aromatic heterocycles. The Morgan fingerprint density at radius 1 is 1.12 bits per heavy atom. The first-order valence-corrected chi connectivity index (χ1v) is 11.0. The molecular formula is C23H21F5N2O2S. The number of carbonyl (C=O) groups excluding carboxylic acids is 1. The lowest BCUT2D eigenvalue weighted by Gasteiger charge is -2.22. The number of ether oxygens (including phenoxy) is 1. The van der Waals surface area contributed by atoms with E-state index in [1.807, 2.05) is 12.1 Å². The second-order valence-corrected chi connectivity index (χ2v) is 8.70. The van der Waals surface area contributed by atoms with Crippen LogP contribution in [0.25, 0.3) is 10.9 Å². The van der Waals surface area contributed by atoms with Crippen LogP contribution in [0.5, 0.6) is 0 Å². The maximum absolute atomic E-state index is 14.0. The van der Waals surface area contributed by atoms with E-state index >= 15 is 0 Å². The molecule has 0 radical (unpaired) electrons. The van der Waals surface area contributed by atoms with Gasteiger partial charge in [0.1, 0.15) is 11.4 Å². The van der Waals surface area contributed by atoms with Gasteiger partial charge in [-0.05, 0) is 35.6 Å². The predicted molar refractivity (Wildman–Crippen MR) is 115 cm³/mol. The number of para-hydroxylation sites is 1. The van der Waals surface area contributed by atoms with E-state index in [-0.39, 0.29) is 29.2 Å². The van der Waals surface area contributed by atoms with Gasteiger partial charge in [0.2, 0.25) is 0 Å². The Labute approximate surface area is 191 Å². The van der Waals surface area contributed by atoms with Gasteiger partial charge >= 0.3 is 12.1 Å². The summed E-state index contributed by atoms with van der Waals surface area (Å²) in [6, 6.07) is 8.87. The quantitative estimate of drug-likeness (QED) is 0.208. The number of esters is 1. The Kier molecular flexibility index (Phi) is 7.56. The summed E-state index contributed by atoms with van der Waals surface area (Å²) in [7, 11) is 0.991. The molecule has 10 heteroatoms. The molecule has 0 aliphatic rings. The van der Waals surface area contributed by atoms with Gasteiger partial charge in [0.15, 0.2) is 0 Å². The van der Waals surface area contributed by atoms with Crippen LogP contribution in [0.3, 0.4) is 0 Å². The minimum Gasteiger partial charge on any atom is -0.465 e. The largest absolute Gasteiger partial charge is 0.465 e. The van der Waals surface area contributed by atoms with Gasteiger partial charge in [0.05, 0.1) is 18.2 Å². The molecule has 3 aromatic rings. The number of aromatic nitrogens is 2. The minimum absolute atomic E-state index is 0.0283. The maximum Gasteiger partial charge on any atom is 0.433 e. The number of methoxy groups -OCH3 is 1. The molecule has 0 saturated heterocycles. The average molecular weight is 484 g/mol. The molecule has 0 N–H and O–H groups in total. The molecule has 0 saturated carbocycles. The highest BCUT2D eigenvalue weighted by molar-refractivity contribution is 7.98. The fourth-order valence-electron chi connectivity index (χ4n) is 3.55. The van der Waals surface area contributed by atoms with Gasteiger partial charge < -0.3 is 4.74 Å². The van der Waals surface area contributed by atoms with Crippen LogP contribution in [0, 0.1) is 5.92 Å². The van der Waals surface area contributed by atoms with E-state index in [2.05, 4.69) is 14.7 Å². The van der Waals surface area contributed by atoms with Gasteiger partial charge in [0, 0.05) is 22.2 Å². The minimum atomic E-state index is -4.99. The van der Waals surface area contributed by atoms with Crippen molar-refractivity contribution in [2.75, 3.05) is 7.11 Å². The van der Waals surface area contributed by atoms with Crippen LogP contribution in [0.2, 0.25) is 0 Å². The molecule has 176 valence electrons. The van der Waals surface area contributed by atoms with Gasteiger partial charge in [-0.3, -0.25) is 4.98 Å². The number of fused-ring (bicyclic) bond motifs is 1. The Balaban J connectivity index is 2.23. The molecule has 0 fully saturated rings. The first kappa shape index (κ1) is 24.9. The summed E-state index contributed by atoms with van der Waals surface area (Å²) in [5.74, 6) is -1.60. The summed E-state index contributed by atoms with van der Waals surface area (Å²) in [5.41, 5.74) is -3.04. The third-order valence-corrected chi connectivity index (χ3v) is 5.96. The van der Waals surface area contributed by atoms with Crippen molar-refractivity contribution >= 4 is 28.6 Å². The van der Waals surface area contributed by atoms with Gasteiger partial charge in [-0.1, -0.05) is 32.0 Å². The smallest absolute Gasteiger partial charge is 0.433 e. The van der Waals surface area contributed by atoms with E-state index in [0.717, 1.165) is 24.3 Å². The highest BCUT2D eigenvalue weighted by Crippen LogP contribution is 2.40. The van der Waals surface area contributed by atoms with Crippen LogP contribution in [0.15, 0.2) is 41.4 Å². The standard InChI is InChI=1S/C23H21F5N2O2S/c1-12(2)10-14-15(11-33-16-8-4-6-13-7-5-9-29-18(13)16)20(23(26,27)28)30-19(21(24)25)17(14)22(31)32-3/h4-9,12,21H,10-11H2,1-3H3. The highest BCUT2D eigenvalue weighted by atomic mass is 32.2. The molecule has 0 aliphatic carbocycles. The molecule has 0 spiro atoms. The number of nitrogens with zero attached hydrogens (tertiary/aromatic N) is 2. The lowest BCUT2D eigenvalue weighted by atomic mass is 9.91. The molecule has 1 aromatic carbocycles. The Morgan fingerprint density at radius 2 is 1.82 bits per heavy atom. The molecule has 2 heterocycles. The summed E-state index contributed by atoms with van der Waals surface area (Å²) < 4.78 is 73.9. The fraction of sp³-hybridized carbons (Fsp3) is 0.348. The zero-order valence-corrected chi connectivity index (χ0v) is 18.9. The number of hydrogen-bond acceptors (Lipinski definition) is 5. The summed E-state index contributed by atoms with van der Waals surface area (Å²) in [6.07, 6.45) is -6.82. The first-order chi connectivity index (χ1) is 15.5. The van der Waals surface area contributed by atoms with E-state index in [4.69, 9.17) is 0 Å². The molecular weight excluding hydrogens is 463 g/mol. The van der Waals surface area contributed by atoms with Crippen molar-refractivity contribution in [1.29, 1.82) is 0 Å². The van der Waals surface area contributed by atoms with Crippen LogP contribution < -0.4 is 0 Å². The lowest BCUT2D eigenvalue weighted by Crippen LogP contribution is -2.22. The summed E-state index contributed by atoms with van der Waals surface area (Å²) in [6.45, 7) is 3.45. The third-order valence-electron chi connectivity index (χ3n) is 4.89. The van der Waals surface area contributed by atoms with Crippen molar-refractivity contribution < 1.29 is 31.5 Å². The van der Waals surface area contributed by atoms with Crippen molar-refractivity contribution in [3.05, 3.63) is 64.6 Å². The summed E-state index contributed by atoms with van der Waals surface area (Å²) >= 11 is 1.07. The van der Waals surface area contributed by atoms with Crippen LogP contribution in [-0.2, 0) is 23.1 Å². The average Bonchev–Trinajstić information content (AvgIpc) is 2.75. The second-order valence-electron chi connectivity index (χ2n) is 7.69. The Morgan fingerprint density at radius 3 is 2.42 bits per heavy atom. The molecule has 0 atom stereocenters. The molecule has 3 rings (SSSR count). The van der Waals surface area contributed by atoms with E-state index in [1.165, 1.54) is 0 Å². The Bertz CT molecular complexity index is 1160. The number of thioether (sulfide) groups is 1. The van der Waals surface area contributed by atoms with Gasteiger partial charge in [-0.25, -0.2) is 18.6 Å². The van der Waals surface area contributed by atoms with Crippen LogP contribution in [0.4, 0.5) is 22.0 Å². The number of rotatable bonds is 7. The molecule has 33 heavy (non-hydrogen) atoms. The Hall–Kier alpha value is -2.75. The van der Waals surface area contributed by atoms with Crippen LogP contribution in [0.1, 0.15) is 53.1 Å². The van der Waals surface area contributed by atoms with E-state index in [1.54, 1.807) is 38.2 Å². The zero-order chi connectivity index (χ0) is 24.3. The van der Waals surface area contributed by atoms with E-state index in [9.17, 15) is 26.7 Å². The topological polar surface area (TPSA) is 52.1 Å². The SMILES string of the molecule is COC(=O)c1c(C(F)F)nc(C(F)(F)F)c(CSc2cccc3cccnc23)c1CC(C)C. The summed E-state index contributed by atoms with van der Waals surface area (Å²) in [5, 5.41) is 0.808. The number of halogens is 5. The van der Waals surface area contributed by atoms with Crippen LogP contribution >= 0.6 is 11.8 Å². The van der Waals surface area contributed by atoms with Crippen molar-refractivity contribution in [3.63, 3.8) is 0 Å². The normalized spacial score (nSPS) is 12.1. The number of carbonyl (C=O) groups is 1. The predicted octanol–water partition coefficient (Wildman–Crippen LogP) is 6.86. The van der Waals surface area contributed by atoms with Crippen LogP contribution in [-0.4, -0.2) is 23.0 Å². The molecule has 0 aliphatic heterocycles. The van der Waals surface area contributed by atoms with Crippen molar-refractivity contribution in [2.45, 2.75) is 43.5 Å². The van der Waals surface area contributed by atoms with E-state index < -0.39 is 35.5 Å². The number of benzene rings is 1. The molecule has 4 nitrogen and oxygen atoms in total.